The standard InChI is InChI=1S/C24H23F3N8/c25-24(26,27)19-7-4-8-29-21(19)33-11-13-35(14-12-33)23-31-20(18-6-3-5-17(15-18)16-28)30-22(32-23)34-9-1-2-10-34/h3-8,15H,1-2,9-14H2. The maximum Gasteiger partial charge on any atom is 0.419 e. The molecule has 0 amide bonds. The van der Waals surface area contributed by atoms with E-state index in [-0.39, 0.29) is 5.82 Å². The number of anilines is 3. The van der Waals surface area contributed by atoms with E-state index < -0.39 is 11.7 Å². The first kappa shape index (κ1) is 22.8. The minimum atomic E-state index is -4.47. The quantitative estimate of drug-likeness (QED) is 0.558. The number of pyridine rings is 1. The Kier molecular flexibility index (Phi) is 6.11. The maximum absolute atomic E-state index is 13.5. The highest BCUT2D eigenvalue weighted by atomic mass is 19.4. The van der Waals surface area contributed by atoms with Crippen LogP contribution in [0.3, 0.4) is 0 Å². The van der Waals surface area contributed by atoms with Crippen molar-refractivity contribution in [1.82, 2.24) is 19.9 Å². The summed E-state index contributed by atoms with van der Waals surface area (Å²) in [6, 6.07) is 11.6. The lowest BCUT2D eigenvalue weighted by atomic mass is 10.1. The zero-order valence-electron chi connectivity index (χ0n) is 18.9. The van der Waals surface area contributed by atoms with Crippen molar-refractivity contribution < 1.29 is 13.2 Å². The molecule has 2 aliphatic heterocycles. The average molecular weight is 480 g/mol. The van der Waals surface area contributed by atoms with E-state index in [1.807, 2.05) is 11.0 Å². The van der Waals surface area contributed by atoms with Crippen LogP contribution in [0.5, 0.6) is 0 Å². The van der Waals surface area contributed by atoms with Crippen molar-refractivity contribution in [3.63, 3.8) is 0 Å². The number of halogens is 3. The summed E-state index contributed by atoms with van der Waals surface area (Å²) >= 11 is 0. The zero-order chi connectivity index (χ0) is 24.4. The molecule has 0 saturated carbocycles. The highest BCUT2D eigenvalue weighted by Crippen LogP contribution is 2.35. The van der Waals surface area contributed by atoms with Crippen LogP contribution in [0.15, 0.2) is 42.6 Å². The van der Waals surface area contributed by atoms with Gasteiger partial charge in [-0.05, 0) is 37.1 Å². The van der Waals surface area contributed by atoms with E-state index in [9.17, 15) is 18.4 Å². The van der Waals surface area contributed by atoms with Gasteiger partial charge < -0.3 is 14.7 Å². The highest BCUT2D eigenvalue weighted by Gasteiger charge is 2.36. The fraction of sp³-hybridized carbons (Fsp3) is 0.375. The second kappa shape index (κ2) is 9.37. The van der Waals surface area contributed by atoms with Crippen LogP contribution in [-0.4, -0.2) is 59.2 Å². The summed E-state index contributed by atoms with van der Waals surface area (Å²) in [5, 5.41) is 9.28. The van der Waals surface area contributed by atoms with Crippen molar-refractivity contribution in [3.8, 4) is 17.5 Å². The number of nitrogens with zero attached hydrogens (tertiary/aromatic N) is 8. The Balaban J connectivity index is 1.42. The number of hydrogen-bond donors (Lipinski definition) is 0. The van der Waals surface area contributed by atoms with Crippen LogP contribution in [0.25, 0.3) is 11.4 Å². The van der Waals surface area contributed by atoms with E-state index in [1.165, 1.54) is 12.3 Å². The van der Waals surface area contributed by atoms with Crippen molar-refractivity contribution in [3.05, 3.63) is 53.7 Å². The first-order valence-electron chi connectivity index (χ1n) is 11.5. The molecule has 3 aromatic rings. The maximum atomic E-state index is 13.5. The fourth-order valence-electron chi connectivity index (χ4n) is 4.40. The second-order valence-corrected chi connectivity index (χ2v) is 8.49. The normalized spacial score (nSPS) is 16.5. The molecule has 11 heteroatoms. The van der Waals surface area contributed by atoms with E-state index in [0.29, 0.717) is 49.5 Å². The molecule has 4 heterocycles. The molecule has 2 aromatic heterocycles. The molecule has 2 saturated heterocycles. The van der Waals surface area contributed by atoms with Crippen molar-refractivity contribution in [2.75, 3.05) is 54.0 Å². The van der Waals surface area contributed by atoms with Gasteiger partial charge in [0.05, 0.1) is 17.2 Å². The highest BCUT2D eigenvalue weighted by molar-refractivity contribution is 5.61. The molecule has 2 fully saturated rings. The molecule has 0 N–H and O–H groups in total. The van der Waals surface area contributed by atoms with Crippen LogP contribution in [0, 0.1) is 11.3 Å². The number of rotatable bonds is 4. The minimum Gasteiger partial charge on any atom is -0.353 e. The van der Waals surface area contributed by atoms with Crippen LogP contribution >= 0.6 is 0 Å². The third-order valence-corrected chi connectivity index (χ3v) is 6.20. The van der Waals surface area contributed by atoms with Crippen LogP contribution in [0.1, 0.15) is 24.0 Å². The first-order chi connectivity index (χ1) is 16.9. The van der Waals surface area contributed by atoms with Gasteiger partial charge >= 0.3 is 6.18 Å². The Labute approximate surface area is 200 Å². The molecule has 180 valence electrons. The van der Waals surface area contributed by atoms with Gasteiger partial charge in [-0.15, -0.1) is 0 Å². The van der Waals surface area contributed by atoms with Crippen LogP contribution in [-0.2, 0) is 6.18 Å². The molecule has 1 aromatic carbocycles. The monoisotopic (exact) mass is 480 g/mol. The second-order valence-electron chi connectivity index (χ2n) is 8.49. The van der Waals surface area contributed by atoms with E-state index in [1.54, 1.807) is 23.1 Å². The zero-order valence-corrected chi connectivity index (χ0v) is 18.9. The molecule has 0 aliphatic carbocycles. The SMILES string of the molecule is N#Cc1cccc(-c2nc(N3CCCC3)nc(N3CCN(c4ncccc4C(F)(F)F)CC3)n2)c1. The van der Waals surface area contributed by atoms with Gasteiger partial charge in [-0.2, -0.15) is 33.4 Å². The van der Waals surface area contributed by atoms with Crippen molar-refractivity contribution >= 4 is 17.7 Å². The Bertz CT molecular complexity index is 1240. The van der Waals surface area contributed by atoms with Gasteiger partial charge in [-0.1, -0.05) is 12.1 Å². The average Bonchev–Trinajstić information content (AvgIpc) is 3.43. The predicted molar refractivity (Wildman–Crippen MR) is 125 cm³/mol. The molecule has 8 nitrogen and oxygen atoms in total. The van der Waals surface area contributed by atoms with Crippen molar-refractivity contribution in [2.45, 2.75) is 19.0 Å². The lowest BCUT2D eigenvalue weighted by Crippen LogP contribution is -2.48. The Morgan fingerprint density at radius 1 is 0.800 bits per heavy atom. The molecular formula is C24H23F3N8. The summed E-state index contributed by atoms with van der Waals surface area (Å²) in [6.07, 6.45) is -0.964. The number of benzene rings is 1. The van der Waals surface area contributed by atoms with E-state index in [4.69, 9.17) is 4.98 Å². The Morgan fingerprint density at radius 3 is 2.11 bits per heavy atom. The molecule has 2 aliphatic rings. The summed E-state index contributed by atoms with van der Waals surface area (Å²) in [4.78, 5) is 23.8. The van der Waals surface area contributed by atoms with Gasteiger partial charge in [-0.25, -0.2) is 4.98 Å². The molecule has 0 bridgehead atoms. The molecule has 5 rings (SSSR count). The van der Waals surface area contributed by atoms with Gasteiger partial charge in [-0.3, -0.25) is 0 Å². The van der Waals surface area contributed by atoms with Gasteiger partial charge in [0.15, 0.2) is 5.82 Å². The van der Waals surface area contributed by atoms with Gasteiger partial charge in [0.1, 0.15) is 5.82 Å². The van der Waals surface area contributed by atoms with Crippen LogP contribution < -0.4 is 14.7 Å². The smallest absolute Gasteiger partial charge is 0.353 e. The molecule has 0 atom stereocenters. The lowest BCUT2D eigenvalue weighted by molar-refractivity contribution is -0.137. The van der Waals surface area contributed by atoms with Crippen molar-refractivity contribution in [1.29, 1.82) is 5.26 Å². The van der Waals surface area contributed by atoms with E-state index in [0.717, 1.165) is 37.6 Å². The number of aromatic nitrogens is 4. The number of piperazine rings is 1. The predicted octanol–water partition coefficient (Wildman–Crippen LogP) is 3.75. The minimum absolute atomic E-state index is 0.0536. The molecular weight excluding hydrogens is 457 g/mol. The third kappa shape index (κ3) is 4.82. The van der Waals surface area contributed by atoms with Crippen LogP contribution in [0.2, 0.25) is 0 Å². The van der Waals surface area contributed by atoms with E-state index >= 15 is 0 Å². The van der Waals surface area contributed by atoms with Crippen LogP contribution in [0.4, 0.5) is 30.9 Å². The number of hydrogen-bond acceptors (Lipinski definition) is 8. The molecule has 0 radical (unpaired) electrons. The Hall–Kier alpha value is -3.94. The van der Waals surface area contributed by atoms with Crippen molar-refractivity contribution in [2.24, 2.45) is 0 Å². The topological polar surface area (TPSA) is 85.1 Å². The van der Waals surface area contributed by atoms with E-state index in [2.05, 4.69) is 25.9 Å². The molecule has 0 unspecified atom stereocenters. The van der Waals surface area contributed by atoms with Gasteiger partial charge in [0.25, 0.3) is 0 Å². The summed E-state index contributed by atoms with van der Waals surface area (Å²) in [7, 11) is 0. The van der Waals surface area contributed by atoms with Gasteiger partial charge in [0.2, 0.25) is 11.9 Å². The first-order valence-corrected chi connectivity index (χ1v) is 11.5. The summed E-state index contributed by atoms with van der Waals surface area (Å²) < 4.78 is 40.4. The fourth-order valence-corrected chi connectivity index (χ4v) is 4.40. The number of alkyl halides is 3. The van der Waals surface area contributed by atoms with Gasteiger partial charge in [0, 0.05) is 51.0 Å². The summed E-state index contributed by atoms with van der Waals surface area (Å²) in [6.45, 7) is 3.29. The summed E-state index contributed by atoms with van der Waals surface area (Å²) in [5.74, 6) is 1.48. The lowest BCUT2D eigenvalue weighted by Gasteiger charge is -2.36. The number of nitriles is 1. The third-order valence-electron chi connectivity index (χ3n) is 6.20. The molecule has 35 heavy (non-hydrogen) atoms. The Morgan fingerprint density at radius 2 is 1.46 bits per heavy atom. The molecule has 0 spiro atoms. The summed E-state index contributed by atoms with van der Waals surface area (Å²) in [5.41, 5.74) is 0.497. The largest absolute Gasteiger partial charge is 0.419 e.